The summed E-state index contributed by atoms with van der Waals surface area (Å²) in [5.41, 5.74) is 0. The molecule has 1 amide bonds. The molecule has 0 saturated carbocycles. The number of hydrogen-bond donors (Lipinski definition) is 3. The molecule has 2 unspecified atom stereocenters. The quantitative estimate of drug-likeness (QED) is 0.467. The Morgan fingerprint density at radius 3 is 3.06 bits per heavy atom. The SMILES string of the molecule is O=C1C=CN2C(N1)OC1[C@H]2O[C@H](CO)[C@H]1O. The van der Waals surface area contributed by atoms with Gasteiger partial charge in [0.15, 0.2) is 6.23 Å². The molecule has 0 aromatic rings. The van der Waals surface area contributed by atoms with Crippen LogP contribution in [0.4, 0.5) is 0 Å². The summed E-state index contributed by atoms with van der Waals surface area (Å²) in [5, 5.41) is 21.4. The molecule has 0 bridgehead atoms. The van der Waals surface area contributed by atoms with E-state index < -0.39 is 30.9 Å². The predicted molar refractivity (Wildman–Crippen MR) is 49.5 cm³/mol. The molecule has 2 saturated heterocycles. The van der Waals surface area contributed by atoms with Gasteiger partial charge in [-0.2, -0.15) is 0 Å². The van der Waals surface area contributed by atoms with E-state index in [0.717, 1.165) is 0 Å². The third-order valence-corrected chi connectivity index (χ3v) is 3.01. The maximum Gasteiger partial charge on any atom is 0.248 e. The Hall–Kier alpha value is -1.15. The Morgan fingerprint density at radius 2 is 2.31 bits per heavy atom. The lowest BCUT2D eigenvalue weighted by Crippen LogP contribution is -2.48. The highest BCUT2D eigenvalue weighted by atomic mass is 16.6. The van der Waals surface area contributed by atoms with Crippen molar-refractivity contribution in [1.29, 1.82) is 0 Å². The molecule has 0 spiro atoms. The summed E-state index contributed by atoms with van der Waals surface area (Å²) in [6, 6.07) is 0. The van der Waals surface area contributed by atoms with Crippen molar-refractivity contribution in [3.63, 3.8) is 0 Å². The molecule has 3 aliphatic heterocycles. The molecule has 3 heterocycles. The van der Waals surface area contributed by atoms with Crippen molar-refractivity contribution >= 4 is 5.91 Å². The van der Waals surface area contributed by atoms with Crippen LogP contribution in [0.1, 0.15) is 0 Å². The first-order valence-corrected chi connectivity index (χ1v) is 5.06. The van der Waals surface area contributed by atoms with Crippen molar-refractivity contribution in [1.82, 2.24) is 10.2 Å². The van der Waals surface area contributed by atoms with Crippen LogP contribution < -0.4 is 5.32 Å². The number of nitrogens with zero attached hydrogens (tertiary/aromatic N) is 1. The van der Waals surface area contributed by atoms with Crippen LogP contribution in [0.3, 0.4) is 0 Å². The van der Waals surface area contributed by atoms with E-state index in [-0.39, 0.29) is 12.5 Å². The molecule has 0 aliphatic carbocycles. The van der Waals surface area contributed by atoms with E-state index in [1.807, 2.05) is 0 Å². The zero-order valence-corrected chi connectivity index (χ0v) is 8.31. The first kappa shape index (κ1) is 10.0. The molecule has 0 aromatic carbocycles. The second-order valence-electron chi connectivity index (χ2n) is 3.96. The summed E-state index contributed by atoms with van der Waals surface area (Å²) in [6.45, 7) is -0.258. The fourth-order valence-corrected chi connectivity index (χ4v) is 2.20. The summed E-state index contributed by atoms with van der Waals surface area (Å²) in [7, 11) is 0. The van der Waals surface area contributed by atoms with Crippen LogP contribution in [-0.2, 0) is 14.3 Å². The first-order chi connectivity index (χ1) is 7.70. The van der Waals surface area contributed by atoms with Gasteiger partial charge in [-0.05, 0) is 0 Å². The average molecular weight is 228 g/mol. The van der Waals surface area contributed by atoms with E-state index in [9.17, 15) is 9.90 Å². The molecule has 3 aliphatic rings. The van der Waals surface area contributed by atoms with E-state index >= 15 is 0 Å². The van der Waals surface area contributed by atoms with Crippen LogP contribution in [0.5, 0.6) is 0 Å². The van der Waals surface area contributed by atoms with Crippen LogP contribution in [0.25, 0.3) is 0 Å². The number of carbonyl (C=O) groups is 1. The Kier molecular flexibility index (Phi) is 2.15. The number of aliphatic hydroxyl groups excluding tert-OH is 2. The average Bonchev–Trinajstić information content (AvgIpc) is 2.75. The number of amides is 1. The molecule has 7 heteroatoms. The van der Waals surface area contributed by atoms with Gasteiger partial charge in [-0.1, -0.05) is 0 Å². The number of carbonyl (C=O) groups excluding carboxylic acids is 1. The predicted octanol–water partition coefficient (Wildman–Crippen LogP) is -2.31. The Bertz CT molecular complexity index is 347. The molecule has 7 nitrogen and oxygen atoms in total. The van der Waals surface area contributed by atoms with E-state index in [4.69, 9.17) is 14.6 Å². The van der Waals surface area contributed by atoms with Gasteiger partial charge in [0.1, 0.15) is 18.3 Å². The third kappa shape index (κ3) is 1.26. The Labute approximate surface area is 91.2 Å². The van der Waals surface area contributed by atoms with Crippen molar-refractivity contribution in [2.75, 3.05) is 6.61 Å². The van der Waals surface area contributed by atoms with E-state index in [1.165, 1.54) is 6.08 Å². The standard InChI is InChI=1S/C9H12N2O5/c12-3-4-6(14)7-8(15-4)11-2-1-5(13)10-9(11)16-7/h1-2,4,6-9,12,14H,3H2,(H,10,13)/t4-,6-,7?,8-,9?/m1/s1. The highest BCUT2D eigenvalue weighted by molar-refractivity contribution is 5.88. The lowest BCUT2D eigenvalue weighted by atomic mass is 10.1. The van der Waals surface area contributed by atoms with Crippen molar-refractivity contribution in [2.24, 2.45) is 0 Å². The summed E-state index contributed by atoms with van der Waals surface area (Å²) in [4.78, 5) is 12.8. The largest absolute Gasteiger partial charge is 0.394 e. The van der Waals surface area contributed by atoms with Gasteiger partial charge in [0, 0.05) is 12.3 Å². The first-order valence-electron chi connectivity index (χ1n) is 5.06. The topological polar surface area (TPSA) is 91.3 Å². The van der Waals surface area contributed by atoms with Gasteiger partial charge in [0.05, 0.1) is 6.61 Å². The summed E-state index contributed by atoms with van der Waals surface area (Å²) in [6.07, 6.45) is -0.195. The molecular weight excluding hydrogens is 216 g/mol. The van der Waals surface area contributed by atoms with Crippen LogP contribution in [0.15, 0.2) is 12.3 Å². The molecule has 0 aromatic heterocycles. The third-order valence-electron chi connectivity index (χ3n) is 3.01. The van der Waals surface area contributed by atoms with Gasteiger partial charge in [-0.3, -0.25) is 4.79 Å². The van der Waals surface area contributed by atoms with Crippen molar-refractivity contribution in [3.8, 4) is 0 Å². The van der Waals surface area contributed by atoms with Crippen molar-refractivity contribution in [2.45, 2.75) is 30.9 Å². The summed E-state index contributed by atoms with van der Waals surface area (Å²) >= 11 is 0. The van der Waals surface area contributed by atoms with Gasteiger partial charge in [0.2, 0.25) is 12.3 Å². The summed E-state index contributed by atoms with van der Waals surface area (Å²) < 4.78 is 10.9. The van der Waals surface area contributed by atoms with Crippen LogP contribution in [0.2, 0.25) is 0 Å². The molecule has 16 heavy (non-hydrogen) atoms. The minimum atomic E-state index is -0.883. The number of rotatable bonds is 1. The molecule has 3 N–H and O–H groups in total. The van der Waals surface area contributed by atoms with Crippen LogP contribution >= 0.6 is 0 Å². The second-order valence-corrected chi connectivity index (χ2v) is 3.96. The van der Waals surface area contributed by atoms with Gasteiger partial charge in [-0.15, -0.1) is 0 Å². The monoisotopic (exact) mass is 228 g/mol. The number of hydrogen-bond acceptors (Lipinski definition) is 6. The zero-order chi connectivity index (χ0) is 11.3. The Balaban J connectivity index is 1.82. The normalized spacial score (nSPS) is 45.5. The second kappa shape index (κ2) is 3.42. The molecule has 2 fully saturated rings. The molecule has 5 atom stereocenters. The van der Waals surface area contributed by atoms with Gasteiger partial charge < -0.3 is 29.9 Å². The fourth-order valence-electron chi connectivity index (χ4n) is 2.20. The van der Waals surface area contributed by atoms with Gasteiger partial charge >= 0.3 is 0 Å². The Morgan fingerprint density at radius 1 is 1.50 bits per heavy atom. The minimum absolute atomic E-state index is 0.241. The van der Waals surface area contributed by atoms with Crippen LogP contribution in [0, 0.1) is 0 Å². The van der Waals surface area contributed by atoms with Crippen molar-refractivity contribution < 1.29 is 24.5 Å². The lowest BCUT2D eigenvalue weighted by molar-refractivity contribution is -0.133. The highest BCUT2D eigenvalue weighted by Gasteiger charge is 2.54. The van der Waals surface area contributed by atoms with E-state index in [2.05, 4.69) is 5.32 Å². The maximum absolute atomic E-state index is 11.1. The smallest absolute Gasteiger partial charge is 0.248 e. The number of fused-ring (bicyclic) bond motifs is 3. The number of nitrogens with one attached hydrogen (secondary N) is 1. The molecular formula is C9H12N2O5. The van der Waals surface area contributed by atoms with E-state index in [1.54, 1.807) is 11.1 Å². The van der Waals surface area contributed by atoms with Crippen molar-refractivity contribution in [3.05, 3.63) is 12.3 Å². The minimum Gasteiger partial charge on any atom is -0.394 e. The molecule has 3 rings (SSSR count). The van der Waals surface area contributed by atoms with E-state index in [0.29, 0.717) is 0 Å². The number of ether oxygens (including phenoxy) is 2. The van der Waals surface area contributed by atoms with Gasteiger partial charge in [-0.25, -0.2) is 0 Å². The molecule has 88 valence electrons. The maximum atomic E-state index is 11.1. The fraction of sp³-hybridized carbons (Fsp3) is 0.667. The number of aliphatic hydroxyl groups is 2. The lowest BCUT2D eigenvalue weighted by Gasteiger charge is -2.29. The van der Waals surface area contributed by atoms with Crippen LogP contribution in [-0.4, -0.2) is 58.5 Å². The highest BCUT2D eigenvalue weighted by Crippen LogP contribution is 2.34. The zero-order valence-electron chi connectivity index (χ0n) is 8.31. The molecule has 0 radical (unpaired) electrons. The van der Waals surface area contributed by atoms with Gasteiger partial charge in [0.25, 0.3) is 0 Å². The summed E-state index contributed by atoms with van der Waals surface area (Å²) in [5.74, 6) is -0.241.